The number of amides is 3. The third-order valence-corrected chi connectivity index (χ3v) is 3.87. The normalized spacial score (nSPS) is 12.2. The van der Waals surface area contributed by atoms with Crippen LogP contribution in [-0.2, 0) is 9.57 Å². The highest BCUT2D eigenvalue weighted by Crippen LogP contribution is 2.44. The van der Waals surface area contributed by atoms with Crippen molar-refractivity contribution in [2.45, 2.75) is 12.8 Å². The molecule has 0 saturated heterocycles. The first kappa shape index (κ1) is 16.0. The van der Waals surface area contributed by atoms with E-state index in [1.165, 1.54) is 0 Å². The molecule has 3 amide bonds. The minimum Gasteiger partial charge on any atom is -0.448 e. The molecule has 0 aliphatic heterocycles. The zero-order valence-electron chi connectivity index (χ0n) is 13.2. The van der Waals surface area contributed by atoms with Crippen molar-refractivity contribution >= 4 is 12.1 Å². The van der Waals surface area contributed by atoms with Crippen molar-refractivity contribution in [3.8, 4) is 11.1 Å². The minimum atomic E-state index is -0.811. The Morgan fingerprint density at radius 2 is 1.58 bits per heavy atom. The van der Waals surface area contributed by atoms with Gasteiger partial charge in [-0.25, -0.2) is 20.4 Å². The SMILES string of the molecule is CCONC(=O)NC(=O)OCC1c2ccccc2-c2ccccc21. The van der Waals surface area contributed by atoms with E-state index in [1.54, 1.807) is 6.92 Å². The maximum absolute atomic E-state index is 11.7. The number of fused-ring (bicyclic) bond motifs is 3. The molecule has 0 heterocycles. The molecule has 3 rings (SSSR count). The molecule has 1 aliphatic rings. The summed E-state index contributed by atoms with van der Waals surface area (Å²) < 4.78 is 5.22. The van der Waals surface area contributed by atoms with E-state index in [2.05, 4.69) is 22.9 Å². The highest BCUT2D eigenvalue weighted by Gasteiger charge is 2.29. The summed E-state index contributed by atoms with van der Waals surface area (Å²) in [5, 5.41) is 2.05. The zero-order valence-corrected chi connectivity index (χ0v) is 13.2. The van der Waals surface area contributed by atoms with E-state index >= 15 is 0 Å². The van der Waals surface area contributed by atoms with Crippen LogP contribution in [-0.4, -0.2) is 25.3 Å². The Bertz CT molecular complexity index is 715. The van der Waals surface area contributed by atoms with E-state index in [4.69, 9.17) is 9.57 Å². The number of rotatable bonds is 4. The molecule has 2 N–H and O–H groups in total. The molecule has 0 aromatic heterocycles. The van der Waals surface area contributed by atoms with E-state index < -0.39 is 12.1 Å². The van der Waals surface area contributed by atoms with Crippen LogP contribution in [0.25, 0.3) is 11.1 Å². The number of hydroxylamine groups is 1. The molecule has 124 valence electrons. The lowest BCUT2D eigenvalue weighted by molar-refractivity contribution is 0.0690. The van der Waals surface area contributed by atoms with E-state index in [9.17, 15) is 9.59 Å². The standard InChI is InChI=1S/C18H18N2O4/c1-2-24-20-17(21)19-18(22)23-11-16-14-9-5-3-7-12(14)13-8-4-6-10-15(13)16/h3-10,16H,2,11H2,1H3,(H2,19,20,21,22). The Balaban J connectivity index is 1.67. The Morgan fingerprint density at radius 3 is 2.17 bits per heavy atom. The Labute approximate surface area is 139 Å². The number of imide groups is 1. The van der Waals surface area contributed by atoms with Crippen molar-refractivity contribution in [1.82, 2.24) is 10.8 Å². The first-order valence-electron chi connectivity index (χ1n) is 7.74. The van der Waals surface area contributed by atoms with Gasteiger partial charge >= 0.3 is 12.1 Å². The maximum Gasteiger partial charge on any atom is 0.415 e. The molecule has 0 fully saturated rings. The van der Waals surface area contributed by atoms with Gasteiger partial charge in [0.25, 0.3) is 0 Å². The number of urea groups is 1. The number of nitrogens with one attached hydrogen (secondary N) is 2. The van der Waals surface area contributed by atoms with E-state index in [-0.39, 0.29) is 12.5 Å². The van der Waals surface area contributed by atoms with Gasteiger partial charge in [-0.05, 0) is 29.2 Å². The average Bonchev–Trinajstić information content (AvgIpc) is 2.92. The molecule has 0 spiro atoms. The Kier molecular flexibility index (Phi) is 4.77. The number of ether oxygens (including phenoxy) is 1. The molecule has 2 aromatic carbocycles. The number of benzene rings is 2. The summed E-state index contributed by atoms with van der Waals surface area (Å²) in [5.74, 6) is -0.0434. The van der Waals surface area contributed by atoms with Crippen molar-refractivity contribution in [2.24, 2.45) is 0 Å². The molecule has 0 bridgehead atoms. The Hall–Kier alpha value is -2.86. The van der Waals surface area contributed by atoms with Gasteiger partial charge in [-0.3, -0.25) is 4.84 Å². The topological polar surface area (TPSA) is 76.7 Å². The number of alkyl carbamates (subject to hydrolysis) is 1. The molecular formula is C18H18N2O4. The predicted octanol–water partition coefficient (Wildman–Crippen LogP) is 3.19. The van der Waals surface area contributed by atoms with Crippen LogP contribution in [0.2, 0.25) is 0 Å². The van der Waals surface area contributed by atoms with Gasteiger partial charge in [-0.2, -0.15) is 0 Å². The second-order valence-corrected chi connectivity index (χ2v) is 5.31. The number of hydrogen-bond donors (Lipinski definition) is 2. The van der Waals surface area contributed by atoms with E-state index in [0.29, 0.717) is 6.61 Å². The van der Waals surface area contributed by atoms with Gasteiger partial charge in [0.2, 0.25) is 0 Å². The predicted molar refractivity (Wildman–Crippen MR) is 88.4 cm³/mol. The number of hydrogen-bond acceptors (Lipinski definition) is 4. The largest absolute Gasteiger partial charge is 0.448 e. The summed E-state index contributed by atoms with van der Waals surface area (Å²) in [6, 6.07) is 15.3. The molecule has 1 aliphatic carbocycles. The highest BCUT2D eigenvalue weighted by molar-refractivity contribution is 5.90. The van der Waals surface area contributed by atoms with Crippen LogP contribution in [0.3, 0.4) is 0 Å². The monoisotopic (exact) mass is 326 g/mol. The fourth-order valence-corrected chi connectivity index (χ4v) is 2.89. The fourth-order valence-electron chi connectivity index (χ4n) is 2.89. The quantitative estimate of drug-likeness (QED) is 0.846. The van der Waals surface area contributed by atoms with Crippen molar-refractivity contribution in [2.75, 3.05) is 13.2 Å². The average molecular weight is 326 g/mol. The zero-order chi connectivity index (χ0) is 16.9. The summed E-state index contributed by atoms with van der Waals surface area (Å²) in [7, 11) is 0. The van der Waals surface area contributed by atoms with Gasteiger partial charge in [0.1, 0.15) is 6.61 Å². The van der Waals surface area contributed by atoms with Gasteiger partial charge in [-0.1, -0.05) is 48.5 Å². The molecule has 6 nitrogen and oxygen atoms in total. The number of carbonyl (C=O) groups excluding carboxylic acids is 2. The lowest BCUT2D eigenvalue weighted by Gasteiger charge is -2.14. The summed E-state index contributed by atoms with van der Waals surface area (Å²) in [6.07, 6.45) is -0.811. The minimum absolute atomic E-state index is 0.0434. The van der Waals surface area contributed by atoms with Crippen LogP contribution < -0.4 is 10.8 Å². The van der Waals surface area contributed by atoms with Crippen LogP contribution in [0.15, 0.2) is 48.5 Å². The molecule has 0 atom stereocenters. The molecule has 6 heteroatoms. The van der Waals surface area contributed by atoms with Gasteiger partial charge in [-0.15, -0.1) is 0 Å². The first-order valence-corrected chi connectivity index (χ1v) is 7.74. The molecule has 0 saturated carbocycles. The van der Waals surface area contributed by atoms with E-state index in [0.717, 1.165) is 22.3 Å². The van der Waals surface area contributed by atoms with Gasteiger partial charge in [0, 0.05) is 5.92 Å². The van der Waals surface area contributed by atoms with Crippen LogP contribution in [0, 0.1) is 0 Å². The summed E-state index contributed by atoms with van der Waals surface area (Å²) >= 11 is 0. The van der Waals surface area contributed by atoms with Crippen LogP contribution in [0.5, 0.6) is 0 Å². The lowest BCUT2D eigenvalue weighted by Crippen LogP contribution is -2.40. The van der Waals surface area contributed by atoms with Crippen molar-refractivity contribution in [1.29, 1.82) is 0 Å². The molecular weight excluding hydrogens is 308 g/mol. The second-order valence-electron chi connectivity index (χ2n) is 5.31. The van der Waals surface area contributed by atoms with Crippen molar-refractivity contribution in [3.63, 3.8) is 0 Å². The smallest absolute Gasteiger partial charge is 0.415 e. The molecule has 0 unspecified atom stereocenters. The lowest BCUT2D eigenvalue weighted by atomic mass is 9.98. The molecule has 0 radical (unpaired) electrons. The third-order valence-electron chi connectivity index (χ3n) is 3.87. The highest BCUT2D eigenvalue weighted by atomic mass is 16.7. The number of carbonyl (C=O) groups is 2. The third kappa shape index (κ3) is 3.23. The summed E-state index contributed by atoms with van der Waals surface area (Å²) in [5.41, 5.74) is 6.60. The van der Waals surface area contributed by atoms with Gasteiger partial charge in [0.15, 0.2) is 0 Å². The second kappa shape index (κ2) is 7.14. The summed E-state index contributed by atoms with van der Waals surface area (Å²) in [6.45, 7) is 2.17. The maximum atomic E-state index is 11.7. The van der Waals surface area contributed by atoms with Gasteiger partial charge in [0.05, 0.1) is 6.61 Å². The fraction of sp³-hybridized carbons (Fsp3) is 0.222. The van der Waals surface area contributed by atoms with Crippen molar-refractivity contribution in [3.05, 3.63) is 59.7 Å². The summed E-state index contributed by atoms with van der Waals surface area (Å²) in [4.78, 5) is 27.8. The molecule has 2 aromatic rings. The Morgan fingerprint density at radius 1 is 1.00 bits per heavy atom. The van der Waals surface area contributed by atoms with Crippen LogP contribution >= 0.6 is 0 Å². The molecule has 24 heavy (non-hydrogen) atoms. The van der Waals surface area contributed by atoms with Crippen LogP contribution in [0.4, 0.5) is 9.59 Å². The van der Waals surface area contributed by atoms with Crippen LogP contribution in [0.1, 0.15) is 24.0 Å². The first-order chi connectivity index (χ1) is 11.7. The van der Waals surface area contributed by atoms with E-state index in [1.807, 2.05) is 36.4 Å². The van der Waals surface area contributed by atoms with Gasteiger partial charge < -0.3 is 4.74 Å². The van der Waals surface area contributed by atoms with Crippen molar-refractivity contribution < 1.29 is 19.2 Å².